The normalized spacial score (nSPS) is 21.2. The van der Waals surface area contributed by atoms with Gasteiger partial charge in [-0.05, 0) is 6.42 Å². The molecule has 0 unspecified atom stereocenters. The molecule has 0 aromatic heterocycles. The highest BCUT2D eigenvalue weighted by molar-refractivity contribution is 4.84. The standard InChI is InChI=1S/C9H18N2/c1-2-3-4-7-11-8-5-10-6-9-11/h3-4,10H,2,5-9H2,1H3. The van der Waals surface area contributed by atoms with Gasteiger partial charge in [-0.15, -0.1) is 0 Å². The van der Waals surface area contributed by atoms with Crippen LogP contribution in [0.1, 0.15) is 13.3 Å². The molecule has 1 aliphatic heterocycles. The third kappa shape index (κ3) is 3.54. The third-order valence-electron chi connectivity index (χ3n) is 1.98. The van der Waals surface area contributed by atoms with Crippen molar-refractivity contribution in [1.29, 1.82) is 0 Å². The molecule has 0 aliphatic carbocycles. The molecule has 0 bridgehead atoms. The van der Waals surface area contributed by atoms with E-state index in [9.17, 15) is 0 Å². The van der Waals surface area contributed by atoms with E-state index in [2.05, 4.69) is 29.3 Å². The molecule has 2 heteroatoms. The van der Waals surface area contributed by atoms with E-state index in [4.69, 9.17) is 0 Å². The Morgan fingerprint density at radius 2 is 2.00 bits per heavy atom. The first-order valence-electron chi connectivity index (χ1n) is 4.51. The van der Waals surface area contributed by atoms with Crippen LogP contribution in [0, 0.1) is 0 Å². The molecule has 1 aliphatic rings. The predicted molar refractivity (Wildman–Crippen MR) is 48.7 cm³/mol. The van der Waals surface area contributed by atoms with Crippen LogP contribution >= 0.6 is 0 Å². The van der Waals surface area contributed by atoms with Crippen molar-refractivity contribution in [2.45, 2.75) is 13.3 Å². The van der Waals surface area contributed by atoms with Crippen molar-refractivity contribution in [3.63, 3.8) is 0 Å². The second-order valence-corrected chi connectivity index (χ2v) is 2.93. The summed E-state index contributed by atoms with van der Waals surface area (Å²) >= 11 is 0. The van der Waals surface area contributed by atoms with E-state index in [0.717, 1.165) is 26.1 Å². The molecule has 0 atom stereocenters. The zero-order chi connectivity index (χ0) is 7.94. The van der Waals surface area contributed by atoms with E-state index in [-0.39, 0.29) is 0 Å². The first-order valence-corrected chi connectivity index (χ1v) is 4.51. The number of rotatable bonds is 3. The second kappa shape index (κ2) is 5.33. The highest BCUT2D eigenvalue weighted by Gasteiger charge is 2.05. The highest BCUT2D eigenvalue weighted by Crippen LogP contribution is 1.92. The molecule has 1 N–H and O–H groups in total. The molecule has 1 fully saturated rings. The van der Waals surface area contributed by atoms with Gasteiger partial charge in [0.15, 0.2) is 0 Å². The van der Waals surface area contributed by atoms with Gasteiger partial charge in [-0.2, -0.15) is 0 Å². The minimum absolute atomic E-state index is 1.13. The fourth-order valence-corrected chi connectivity index (χ4v) is 1.28. The number of allylic oxidation sites excluding steroid dienone is 1. The van der Waals surface area contributed by atoms with Crippen molar-refractivity contribution in [2.24, 2.45) is 0 Å². The van der Waals surface area contributed by atoms with Crippen LogP contribution in [0.15, 0.2) is 12.2 Å². The molecule has 1 saturated heterocycles. The summed E-state index contributed by atoms with van der Waals surface area (Å²) in [7, 11) is 0. The van der Waals surface area contributed by atoms with Crippen LogP contribution in [-0.4, -0.2) is 37.6 Å². The molecular weight excluding hydrogens is 136 g/mol. The number of nitrogens with one attached hydrogen (secondary N) is 1. The fourth-order valence-electron chi connectivity index (χ4n) is 1.28. The Hall–Kier alpha value is -0.340. The summed E-state index contributed by atoms with van der Waals surface area (Å²) in [5, 5.41) is 3.34. The first-order chi connectivity index (χ1) is 5.43. The van der Waals surface area contributed by atoms with Crippen molar-refractivity contribution in [3.8, 4) is 0 Å². The van der Waals surface area contributed by atoms with Gasteiger partial charge >= 0.3 is 0 Å². The Morgan fingerprint density at radius 3 is 2.64 bits per heavy atom. The SMILES string of the molecule is CCC=CCN1CCNCC1. The summed E-state index contributed by atoms with van der Waals surface area (Å²) in [6.07, 6.45) is 5.67. The van der Waals surface area contributed by atoms with E-state index in [1.807, 2.05) is 0 Å². The van der Waals surface area contributed by atoms with Gasteiger partial charge in [0.2, 0.25) is 0 Å². The number of piperazine rings is 1. The Balaban J connectivity index is 2.09. The van der Waals surface area contributed by atoms with E-state index >= 15 is 0 Å². The third-order valence-corrected chi connectivity index (χ3v) is 1.98. The van der Waals surface area contributed by atoms with Crippen LogP contribution in [0.5, 0.6) is 0 Å². The summed E-state index contributed by atoms with van der Waals surface area (Å²) in [4.78, 5) is 2.47. The van der Waals surface area contributed by atoms with Crippen molar-refractivity contribution in [2.75, 3.05) is 32.7 Å². The molecule has 0 spiro atoms. The highest BCUT2D eigenvalue weighted by atomic mass is 15.2. The van der Waals surface area contributed by atoms with Gasteiger partial charge < -0.3 is 5.32 Å². The largest absolute Gasteiger partial charge is 0.314 e. The van der Waals surface area contributed by atoms with Crippen LogP contribution in [0.2, 0.25) is 0 Å². The maximum Gasteiger partial charge on any atom is 0.0164 e. The summed E-state index contributed by atoms with van der Waals surface area (Å²) in [6.45, 7) is 8.02. The Bertz CT molecular complexity index is 115. The minimum atomic E-state index is 1.13. The van der Waals surface area contributed by atoms with Crippen molar-refractivity contribution < 1.29 is 0 Å². The maximum absolute atomic E-state index is 3.34. The van der Waals surface area contributed by atoms with E-state index in [1.165, 1.54) is 13.1 Å². The van der Waals surface area contributed by atoms with Gasteiger partial charge in [0.05, 0.1) is 0 Å². The molecule has 1 rings (SSSR count). The van der Waals surface area contributed by atoms with Gasteiger partial charge in [0, 0.05) is 32.7 Å². The topological polar surface area (TPSA) is 15.3 Å². The van der Waals surface area contributed by atoms with Crippen LogP contribution in [0.25, 0.3) is 0 Å². The molecule has 11 heavy (non-hydrogen) atoms. The molecule has 2 nitrogen and oxygen atoms in total. The van der Waals surface area contributed by atoms with Crippen molar-refractivity contribution in [3.05, 3.63) is 12.2 Å². The Morgan fingerprint density at radius 1 is 1.27 bits per heavy atom. The molecule has 0 radical (unpaired) electrons. The van der Waals surface area contributed by atoms with E-state index < -0.39 is 0 Å². The van der Waals surface area contributed by atoms with Crippen LogP contribution in [0.4, 0.5) is 0 Å². The molecule has 0 amide bonds. The van der Waals surface area contributed by atoms with E-state index in [0.29, 0.717) is 0 Å². The summed E-state index contributed by atoms with van der Waals surface area (Å²) < 4.78 is 0. The van der Waals surface area contributed by atoms with Gasteiger partial charge in [-0.3, -0.25) is 4.90 Å². The molecule has 0 saturated carbocycles. The molecule has 0 aromatic rings. The van der Waals surface area contributed by atoms with Gasteiger partial charge in [-0.25, -0.2) is 0 Å². The van der Waals surface area contributed by atoms with E-state index in [1.54, 1.807) is 0 Å². The monoisotopic (exact) mass is 154 g/mol. The van der Waals surface area contributed by atoms with Gasteiger partial charge in [0.1, 0.15) is 0 Å². The smallest absolute Gasteiger partial charge is 0.0164 e. The van der Waals surface area contributed by atoms with Crippen LogP contribution in [0.3, 0.4) is 0 Å². The average Bonchev–Trinajstić information content (AvgIpc) is 2.07. The van der Waals surface area contributed by atoms with Crippen molar-refractivity contribution in [1.82, 2.24) is 10.2 Å². The molecule has 0 aromatic carbocycles. The number of nitrogens with zero attached hydrogens (tertiary/aromatic N) is 1. The minimum Gasteiger partial charge on any atom is -0.314 e. The quantitative estimate of drug-likeness (QED) is 0.606. The zero-order valence-corrected chi connectivity index (χ0v) is 7.34. The summed E-state index contributed by atoms with van der Waals surface area (Å²) in [5.74, 6) is 0. The summed E-state index contributed by atoms with van der Waals surface area (Å²) in [6, 6.07) is 0. The number of hydrogen-bond acceptors (Lipinski definition) is 2. The zero-order valence-electron chi connectivity index (χ0n) is 7.34. The van der Waals surface area contributed by atoms with Crippen LogP contribution < -0.4 is 5.32 Å². The maximum atomic E-state index is 3.34. The lowest BCUT2D eigenvalue weighted by Crippen LogP contribution is -2.43. The fraction of sp³-hybridized carbons (Fsp3) is 0.778. The molecular formula is C9H18N2. The predicted octanol–water partition coefficient (Wildman–Crippen LogP) is 0.858. The summed E-state index contributed by atoms with van der Waals surface area (Å²) in [5.41, 5.74) is 0. The van der Waals surface area contributed by atoms with Crippen LogP contribution in [-0.2, 0) is 0 Å². The van der Waals surface area contributed by atoms with Gasteiger partial charge in [0.25, 0.3) is 0 Å². The molecule has 64 valence electrons. The first kappa shape index (κ1) is 8.75. The Labute approximate surface area is 69.3 Å². The number of hydrogen-bond donors (Lipinski definition) is 1. The lowest BCUT2D eigenvalue weighted by molar-refractivity contribution is 0.264. The van der Waals surface area contributed by atoms with Gasteiger partial charge in [-0.1, -0.05) is 19.1 Å². The lowest BCUT2D eigenvalue weighted by atomic mass is 10.3. The lowest BCUT2D eigenvalue weighted by Gasteiger charge is -2.25. The Kier molecular flexibility index (Phi) is 4.24. The molecule has 1 heterocycles. The van der Waals surface area contributed by atoms with Crippen molar-refractivity contribution >= 4 is 0 Å². The second-order valence-electron chi connectivity index (χ2n) is 2.93. The average molecular weight is 154 g/mol.